The Morgan fingerprint density at radius 1 is 1.33 bits per heavy atom. The van der Waals surface area contributed by atoms with Gasteiger partial charge in [0.1, 0.15) is 10.8 Å². The Morgan fingerprint density at radius 3 is 2.95 bits per heavy atom. The lowest BCUT2D eigenvalue weighted by Gasteiger charge is -2.09. The van der Waals surface area contributed by atoms with Crippen LogP contribution in [-0.2, 0) is 0 Å². The van der Waals surface area contributed by atoms with Crippen LogP contribution in [0.5, 0.6) is 0 Å². The summed E-state index contributed by atoms with van der Waals surface area (Å²) in [5.41, 5.74) is 1.36. The van der Waals surface area contributed by atoms with E-state index in [0.29, 0.717) is 16.4 Å². The second-order valence-electron chi connectivity index (χ2n) is 4.34. The molecule has 2 aromatic heterocycles. The molecule has 0 saturated heterocycles. The third-order valence-corrected chi connectivity index (χ3v) is 3.50. The number of nitrogens with one attached hydrogen (secondary N) is 2. The van der Waals surface area contributed by atoms with E-state index in [4.69, 9.17) is 0 Å². The number of hydrogen-bond donors (Lipinski definition) is 2. The monoisotopic (exact) mass is 299 g/mol. The van der Waals surface area contributed by atoms with E-state index in [9.17, 15) is 4.79 Å². The molecular weight excluding hydrogens is 286 g/mol. The third-order valence-electron chi connectivity index (χ3n) is 2.92. The lowest BCUT2D eigenvalue weighted by Crippen LogP contribution is -2.13. The molecule has 0 atom stereocenters. The largest absolute Gasteiger partial charge is 0.370 e. The van der Waals surface area contributed by atoms with Crippen molar-refractivity contribution in [2.75, 3.05) is 17.2 Å². The number of para-hydroxylation sites is 1. The molecule has 7 heteroatoms. The van der Waals surface area contributed by atoms with Crippen molar-refractivity contribution in [2.24, 2.45) is 0 Å². The fourth-order valence-electron chi connectivity index (χ4n) is 2.04. The lowest BCUT2D eigenvalue weighted by molar-refractivity contribution is 0.102. The first-order valence-electron chi connectivity index (χ1n) is 6.50. The van der Waals surface area contributed by atoms with Crippen LogP contribution in [0.3, 0.4) is 0 Å². The zero-order chi connectivity index (χ0) is 14.7. The maximum absolute atomic E-state index is 12.5. The van der Waals surface area contributed by atoms with Gasteiger partial charge in [0.05, 0.1) is 17.3 Å². The van der Waals surface area contributed by atoms with E-state index in [1.165, 1.54) is 6.20 Å². The maximum atomic E-state index is 12.5. The van der Waals surface area contributed by atoms with Crippen LogP contribution in [0.25, 0.3) is 10.9 Å². The quantitative estimate of drug-likeness (QED) is 0.774. The number of aromatic nitrogens is 3. The molecule has 0 aliphatic heterocycles. The number of fused-ring (bicyclic) bond motifs is 1. The minimum atomic E-state index is -0.196. The molecule has 0 bridgehead atoms. The molecule has 0 unspecified atom stereocenters. The summed E-state index contributed by atoms with van der Waals surface area (Å²) in [5, 5.41) is 11.1. The Kier molecular flexibility index (Phi) is 3.74. The maximum Gasteiger partial charge on any atom is 0.257 e. The van der Waals surface area contributed by atoms with Gasteiger partial charge >= 0.3 is 0 Å². The molecule has 3 rings (SSSR count). The molecule has 3 aromatic rings. The fraction of sp³-hybridized carbons (Fsp3) is 0.143. The van der Waals surface area contributed by atoms with Crippen molar-refractivity contribution in [1.82, 2.24) is 14.6 Å². The predicted octanol–water partition coefficient (Wildman–Crippen LogP) is 2.77. The van der Waals surface area contributed by atoms with Gasteiger partial charge in [0.2, 0.25) is 0 Å². The number of amides is 1. The number of carbonyl (C=O) groups excluding carboxylic acids is 1. The van der Waals surface area contributed by atoms with Gasteiger partial charge in [0, 0.05) is 23.5 Å². The molecule has 1 amide bonds. The van der Waals surface area contributed by atoms with E-state index in [1.54, 1.807) is 6.07 Å². The third kappa shape index (κ3) is 2.82. The molecule has 0 saturated carbocycles. The summed E-state index contributed by atoms with van der Waals surface area (Å²) in [4.78, 5) is 17.0. The van der Waals surface area contributed by atoms with Crippen molar-refractivity contribution < 1.29 is 4.79 Å². The molecule has 0 radical (unpaired) electrons. The lowest BCUT2D eigenvalue weighted by atomic mass is 10.1. The summed E-state index contributed by atoms with van der Waals surface area (Å²) >= 11 is 1.14. The summed E-state index contributed by atoms with van der Waals surface area (Å²) in [6.07, 6.45) is 1.52. The smallest absolute Gasteiger partial charge is 0.257 e. The average Bonchev–Trinajstić information content (AvgIpc) is 2.99. The SMILES string of the molecule is CCNc1cc(C(=O)Nc2cnns2)c2ccccc2n1. The molecule has 2 heterocycles. The minimum absolute atomic E-state index is 0.196. The van der Waals surface area contributed by atoms with Crippen LogP contribution >= 0.6 is 11.5 Å². The van der Waals surface area contributed by atoms with Crippen LogP contribution in [0, 0.1) is 0 Å². The van der Waals surface area contributed by atoms with Gasteiger partial charge in [-0.3, -0.25) is 4.79 Å². The Morgan fingerprint density at radius 2 is 2.19 bits per heavy atom. The molecule has 21 heavy (non-hydrogen) atoms. The summed E-state index contributed by atoms with van der Waals surface area (Å²) in [6, 6.07) is 9.33. The molecule has 106 valence electrons. The topological polar surface area (TPSA) is 79.8 Å². The van der Waals surface area contributed by atoms with Crippen LogP contribution in [-0.4, -0.2) is 27.0 Å². The summed E-state index contributed by atoms with van der Waals surface area (Å²) in [5.74, 6) is 0.489. The highest BCUT2D eigenvalue weighted by Gasteiger charge is 2.13. The second kappa shape index (κ2) is 5.84. The molecule has 0 aliphatic rings. The van der Waals surface area contributed by atoms with Crippen LogP contribution in [0.15, 0.2) is 36.5 Å². The highest BCUT2D eigenvalue weighted by atomic mass is 32.1. The fourth-order valence-corrected chi connectivity index (χ4v) is 2.45. The minimum Gasteiger partial charge on any atom is -0.370 e. The van der Waals surface area contributed by atoms with E-state index in [2.05, 4.69) is 25.2 Å². The first-order valence-corrected chi connectivity index (χ1v) is 7.27. The van der Waals surface area contributed by atoms with Crippen molar-refractivity contribution in [2.45, 2.75) is 6.92 Å². The van der Waals surface area contributed by atoms with Crippen molar-refractivity contribution >= 4 is 39.2 Å². The van der Waals surface area contributed by atoms with Gasteiger partial charge in [-0.2, -0.15) is 0 Å². The standard InChI is InChI=1S/C14H13N5OS/c1-2-15-12-7-10(9-5-3-4-6-11(9)17-12)14(20)18-13-8-16-19-21-13/h3-8H,2H2,1H3,(H,15,17)(H,18,20). The Balaban J connectivity index is 2.04. The van der Waals surface area contributed by atoms with Gasteiger partial charge in [-0.25, -0.2) is 4.98 Å². The van der Waals surface area contributed by atoms with Crippen LogP contribution in [0.1, 0.15) is 17.3 Å². The van der Waals surface area contributed by atoms with Crippen LogP contribution < -0.4 is 10.6 Å². The number of carbonyl (C=O) groups is 1. The van der Waals surface area contributed by atoms with Gasteiger partial charge in [-0.05, 0) is 19.1 Å². The van der Waals surface area contributed by atoms with Gasteiger partial charge in [-0.15, -0.1) is 5.10 Å². The predicted molar refractivity (Wildman–Crippen MR) is 83.8 cm³/mol. The number of pyridine rings is 1. The van der Waals surface area contributed by atoms with E-state index in [1.807, 2.05) is 31.2 Å². The van der Waals surface area contributed by atoms with E-state index in [0.717, 1.165) is 29.0 Å². The molecule has 0 spiro atoms. The summed E-state index contributed by atoms with van der Waals surface area (Å²) in [7, 11) is 0. The van der Waals surface area contributed by atoms with Gasteiger partial charge in [0.25, 0.3) is 5.91 Å². The summed E-state index contributed by atoms with van der Waals surface area (Å²) in [6.45, 7) is 2.73. The van der Waals surface area contributed by atoms with Crippen LogP contribution in [0.2, 0.25) is 0 Å². The molecule has 0 aliphatic carbocycles. The Bertz CT molecular complexity index is 772. The zero-order valence-corrected chi connectivity index (χ0v) is 12.1. The van der Waals surface area contributed by atoms with Gasteiger partial charge < -0.3 is 10.6 Å². The number of anilines is 2. The van der Waals surface area contributed by atoms with Gasteiger partial charge in [-0.1, -0.05) is 22.7 Å². The van der Waals surface area contributed by atoms with E-state index >= 15 is 0 Å². The molecule has 2 N–H and O–H groups in total. The first kappa shape index (κ1) is 13.4. The normalized spacial score (nSPS) is 10.5. The van der Waals surface area contributed by atoms with Crippen LogP contribution in [0.4, 0.5) is 10.8 Å². The molecule has 6 nitrogen and oxygen atoms in total. The second-order valence-corrected chi connectivity index (χ2v) is 5.12. The molecular formula is C14H13N5OS. The highest BCUT2D eigenvalue weighted by molar-refractivity contribution is 7.10. The number of hydrogen-bond acceptors (Lipinski definition) is 6. The number of benzene rings is 1. The first-order chi connectivity index (χ1) is 10.3. The number of nitrogens with zero attached hydrogens (tertiary/aromatic N) is 3. The average molecular weight is 299 g/mol. The van der Waals surface area contributed by atoms with E-state index in [-0.39, 0.29) is 5.91 Å². The van der Waals surface area contributed by atoms with Crippen molar-refractivity contribution in [3.05, 3.63) is 42.1 Å². The Hall–Kier alpha value is -2.54. The summed E-state index contributed by atoms with van der Waals surface area (Å²) < 4.78 is 3.73. The molecule has 0 fully saturated rings. The van der Waals surface area contributed by atoms with E-state index < -0.39 is 0 Å². The Labute approximate surface area is 125 Å². The number of rotatable bonds is 4. The van der Waals surface area contributed by atoms with Crippen molar-refractivity contribution in [3.8, 4) is 0 Å². The highest BCUT2D eigenvalue weighted by Crippen LogP contribution is 2.22. The zero-order valence-electron chi connectivity index (χ0n) is 11.3. The molecule has 1 aromatic carbocycles. The van der Waals surface area contributed by atoms with Crippen molar-refractivity contribution in [3.63, 3.8) is 0 Å². The van der Waals surface area contributed by atoms with Crippen molar-refractivity contribution in [1.29, 1.82) is 0 Å². The van der Waals surface area contributed by atoms with Gasteiger partial charge in [0.15, 0.2) is 0 Å².